The molecule has 2 atom stereocenters. The van der Waals surface area contributed by atoms with Gasteiger partial charge >= 0.3 is 5.97 Å². The van der Waals surface area contributed by atoms with Crippen LogP contribution in [0.25, 0.3) is 0 Å². The van der Waals surface area contributed by atoms with E-state index in [9.17, 15) is 4.79 Å². The molecule has 1 heterocycles. The monoisotopic (exact) mass is 385 g/mol. The molecule has 0 aromatic heterocycles. The molecule has 2 unspecified atom stereocenters. The summed E-state index contributed by atoms with van der Waals surface area (Å²) < 4.78 is 11.6. The van der Waals surface area contributed by atoms with E-state index >= 15 is 0 Å². The average molecular weight is 385 g/mol. The predicted molar refractivity (Wildman–Crippen MR) is 108 cm³/mol. The summed E-state index contributed by atoms with van der Waals surface area (Å²) in [7, 11) is 0. The zero-order valence-electron chi connectivity index (χ0n) is 15.0. The van der Waals surface area contributed by atoms with Gasteiger partial charge in [0.1, 0.15) is 30.8 Å². The molecule has 0 spiro atoms. The van der Waals surface area contributed by atoms with Crippen molar-refractivity contribution >= 4 is 17.7 Å². The Morgan fingerprint density at radius 1 is 1.22 bits per heavy atom. The van der Waals surface area contributed by atoms with Crippen LogP contribution in [0.5, 0.6) is 11.5 Å². The quantitative estimate of drug-likeness (QED) is 0.507. The largest absolute Gasteiger partial charge is 0.490 e. The second kappa shape index (κ2) is 9.48. The summed E-state index contributed by atoms with van der Waals surface area (Å²) in [5.41, 5.74) is 2.12. The lowest BCUT2D eigenvalue weighted by Crippen LogP contribution is -2.33. The first-order valence-electron chi connectivity index (χ1n) is 8.82. The third-order valence-electron chi connectivity index (χ3n) is 4.19. The molecule has 1 fully saturated rings. The molecular formula is C21H23NO4S. The van der Waals surface area contributed by atoms with E-state index in [1.807, 2.05) is 54.6 Å². The van der Waals surface area contributed by atoms with Crippen molar-refractivity contribution in [3.63, 3.8) is 0 Å². The Kier molecular flexibility index (Phi) is 6.79. The number of hydrogen-bond acceptors (Lipinski definition) is 5. The fourth-order valence-electron chi connectivity index (χ4n) is 2.85. The van der Waals surface area contributed by atoms with Crippen molar-refractivity contribution in [1.29, 1.82) is 0 Å². The van der Waals surface area contributed by atoms with Crippen LogP contribution in [0.15, 0.2) is 61.2 Å². The van der Waals surface area contributed by atoms with Crippen molar-refractivity contribution in [2.24, 2.45) is 0 Å². The summed E-state index contributed by atoms with van der Waals surface area (Å²) in [6.07, 6.45) is 2.62. The maximum Gasteiger partial charge on any atom is 0.321 e. The Labute approximate surface area is 163 Å². The Hall–Kier alpha value is -2.44. The highest BCUT2D eigenvalue weighted by Gasteiger charge is 2.30. The molecular weight excluding hydrogens is 362 g/mol. The molecule has 27 heavy (non-hydrogen) atoms. The first-order valence-corrected chi connectivity index (χ1v) is 9.87. The van der Waals surface area contributed by atoms with Crippen LogP contribution in [0.1, 0.15) is 16.5 Å². The van der Waals surface area contributed by atoms with Gasteiger partial charge in [-0.15, -0.1) is 18.3 Å². The summed E-state index contributed by atoms with van der Waals surface area (Å²) in [6, 6.07) is 15.1. The van der Waals surface area contributed by atoms with Crippen molar-refractivity contribution in [2.75, 3.05) is 19.0 Å². The molecule has 0 amide bonds. The van der Waals surface area contributed by atoms with Gasteiger partial charge in [0.15, 0.2) is 0 Å². The van der Waals surface area contributed by atoms with Crippen LogP contribution in [0.2, 0.25) is 0 Å². The lowest BCUT2D eigenvalue weighted by atomic mass is 10.1. The van der Waals surface area contributed by atoms with Crippen LogP contribution in [-0.4, -0.2) is 36.1 Å². The molecule has 142 valence electrons. The highest BCUT2D eigenvalue weighted by molar-refractivity contribution is 7.99. The minimum atomic E-state index is -0.814. The van der Waals surface area contributed by atoms with Crippen LogP contribution < -0.4 is 14.8 Å². The van der Waals surface area contributed by atoms with Crippen molar-refractivity contribution in [3.05, 3.63) is 72.3 Å². The number of carboxylic acid groups (broad SMARTS) is 1. The molecule has 0 radical (unpaired) electrons. The van der Waals surface area contributed by atoms with E-state index in [-0.39, 0.29) is 5.37 Å². The van der Waals surface area contributed by atoms with E-state index in [1.54, 1.807) is 11.8 Å². The minimum absolute atomic E-state index is 0.0309. The van der Waals surface area contributed by atoms with E-state index in [0.717, 1.165) is 29.0 Å². The molecule has 1 saturated heterocycles. The number of nitrogens with one attached hydrogen (secondary N) is 1. The van der Waals surface area contributed by atoms with Crippen LogP contribution in [0.3, 0.4) is 0 Å². The number of para-hydroxylation sites is 1. The van der Waals surface area contributed by atoms with E-state index < -0.39 is 12.0 Å². The van der Waals surface area contributed by atoms with Crippen molar-refractivity contribution in [3.8, 4) is 11.5 Å². The Bertz CT molecular complexity index is 795. The summed E-state index contributed by atoms with van der Waals surface area (Å²) in [5, 5.41) is 12.2. The number of ether oxygens (including phenoxy) is 2. The van der Waals surface area contributed by atoms with Crippen LogP contribution in [-0.2, 0) is 11.2 Å². The second-order valence-electron chi connectivity index (χ2n) is 6.14. The number of hydrogen-bond donors (Lipinski definition) is 2. The van der Waals surface area contributed by atoms with E-state index in [2.05, 4.69) is 11.9 Å². The van der Waals surface area contributed by atoms with Gasteiger partial charge in [0.05, 0.1) is 5.37 Å². The lowest BCUT2D eigenvalue weighted by molar-refractivity contribution is -0.138. The summed E-state index contributed by atoms with van der Waals surface area (Å²) in [4.78, 5) is 11.1. The third-order valence-corrected chi connectivity index (χ3v) is 5.45. The first kappa shape index (κ1) is 19.3. The second-order valence-corrected chi connectivity index (χ2v) is 7.28. The molecule has 2 aromatic rings. The van der Waals surface area contributed by atoms with Crippen LogP contribution in [0.4, 0.5) is 0 Å². The number of carboxylic acids is 1. The summed E-state index contributed by atoms with van der Waals surface area (Å²) in [5.74, 6) is 1.34. The number of aliphatic carboxylic acids is 1. The normalized spacial score (nSPS) is 18.8. The van der Waals surface area contributed by atoms with Gasteiger partial charge < -0.3 is 14.6 Å². The van der Waals surface area contributed by atoms with E-state index in [4.69, 9.17) is 14.6 Å². The summed E-state index contributed by atoms with van der Waals surface area (Å²) in [6.45, 7) is 4.63. The topological polar surface area (TPSA) is 67.8 Å². The van der Waals surface area contributed by atoms with Gasteiger partial charge in [-0.2, -0.15) is 0 Å². The number of carbonyl (C=O) groups is 1. The molecule has 0 bridgehead atoms. The van der Waals surface area contributed by atoms with E-state index in [1.165, 1.54) is 0 Å². The zero-order chi connectivity index (χ0) is 19.1. The number of rotatable bonds is 9. The minimum Gasteiger partial charge on any atom is -0.490 e. The van der Waals surface area contributed by atoms with Gasteiger partial charge in [-0.05, 0) is 35.7 Å². The molecule has 2 aromatic carbocycles. The first-order chi connectivity index (χ1) is 13.2. The highest BCUT2D eigenvalue weighted by atomic mass is 32.2. The van der Waals surface area contributed by atoms with Crippen molar-refractivity contribution in [2.45, 2.75) is 17.8 Å². The van der Waals surface area contributed by atoms with Gasteiger partial charge in [-0.3, -0.25) is 10.1 Å². The molecule has 2 N–H and O–H groups in total. The van der Waals surface area contributed by atoms with Gasteiger partial charge in [-0.25, -0.2) is 0 Å². The van der Waals surface area contributed by atoms with Crippen molar-refractivity contribution in [1.82, 2.24) is 5.32 Å². The standard InChI is InChI=1S/C21H23NO4S/c1-2-6-15-7-3-4-10-19(15)26-12-11-25-17-9-5-8-16(13-17)20-22-18(14-27-20)21(23)24/h2-5,7-10,13,18,20,22H,1,6,11-12,14H2,(H,23,24). The number of benzene rings is 2. The maximum atomic E-state index is 11.1. The van der Waals surface area contributed by atoms with Gasteiger partial charge in [0, 0.05) is 5.75 Å². The fraction of sp³-hybridized carbons (Fsp3) is 0.286. The molecule has 0 aliphatic carbocycles. The van der Waals surface area contributed by atoms with E-state index in [0.29, 0.717) is 19.0 Å². The fourth-order valence-corrected chi connectivity index (χ4v) is 4.08. The van der Waals surface area contributed by atoms with Gasteiger partial charge in [0.2, 0.25) is 0 Å². The Balaban J connectivity index is 1.51. The van der Waals surface area contributed by atoms with Gasteiger partial charge in [0.25, 0.3) is 0 Å². The molecule has 1 aliphatic rings. The predicted octanol–water partition coefficient (Wildman–Crippen LogP) is 3.66. The van der Waals surface area contributed by atoms with Crippen molar-refractivity contribution < 1.29 is 19.4 Å². The highest BCUT2D eigenvalue weighted by Crippen LogP contribution is 2.34. The number of allylic oxidation sites excluding steroid dienone is 1. The smallest absolute Gasteiger partial charge is 0.321 e. The summed E-state index contributed by atoms with van der Waals surface area (Å²) >= 11 is 1.59. The third kappa shape index (κ3) is 5.28. The molecule has 6 heteroatoms. The SMILES string of the molecule is C=CCc1ccccc1OCCOc1cccc(C2NC(C(=O)O)CS2)c1. The average Bonchev–Trinajstić information content (AvgIpc) is 3.18. The molecule has 1 aliphatic heterocycles. The van der Waals surface area contributed by atoms with Crippen LogP contribution in [0, 0.1) is 0 Å². The Morgan fingerprint density at radius 2 is 2.04 bits per heavy atom. The van der Waals surface area contributed by atoms with Crippen LogP contribution >= 0.6 is 11.8 Å². The van der Waals surface area contributed by atoms with Gasteiger partial charge in [-0.1, -0.05) is 36.4 Å². The maximum absolute atomic E-state index is 11.1. The molecule has 0 saturated carbocycles. The Morgan fingerprint density at radius 3 is 2.81 bits per heavy atom. The molecule has 5 nitrogen and oxygen atoms in total. The zero-order valence-corrected chi connectivity index (χ0v) is 15.8. The number of thioether (sulfide) groups is 1. The lowest BCUT2D eigenvalue weighted by Gasteiger charge is -2.14. The molecule has 3 rings (SSSR count).